The monoisotopic (exact) mass is 414 g/mol. The van der Waals surface area contributed by atoms with Gasteiger partial charge in [-0.3, -0.25) is 9.69 Å². The molecule has 1 aromatic carbocycles. The Kier molecular flexibility index (Phi) is 5.73. The molecule has 0 bridgehead atoms. The number of halogens is 1. The molecule has 1 atom stereocenters. The van der Waals surface area contributed by atoms with Crippen LogP contribution in [0.4, 0.5) is 4.39 Å². The number of likely N-dealkylation sites (tertiary alicyclic amines) is 1. The van der Waals surface area contributed by atoms with Crippen LogP contribution in [0.2, 0.25) is 0 Å². The summed E-state index contributed by atoms with van der Waals surface area (Å²) in [5.74, 6) is 0.623. The standard InChI is InChI=1S/C21H23FN4O2S/c1-13-5-6-15(12-17(13)22)19-24-21(28-25-19)14(2)26-9-7-16(8-10-26)23-20(27)18-4-3-11-29-18/h3-6,11-12,14,16H,7-10H2,1-2H3,(H,23,27). The van der Waals surface area contributed by atoms with E-state index in [4.69, 9.17) is 4.52 Å². The smallest absolute Gasteiger partial charge is 0.261 e. The Morgan fingerprint density at radius 1 is 1.34 bits per heavy atom. The summed E-state index contributed by atoms with van der Waals surface area (Å²) in [7, 11) is 0. The first kappa shape index (κ1) is 19.7. The van der Waals surface area contributed by atoms with Gasteiger partial charge in [-0.05, 0) is 49.8 Å². The lowest BCUT2D eigenvalue weighted by Crippen LogP contribution is -2.45. The zero-order valence-corrected chi connectivity index (χ0v) is 17.2. The number of carbonyl (C=O) groups is 1. The van der Waals surface area contributed by atoms with E-state index in [1.807, 2.05) is 24.4 Å². The van der Waals surface area contributed by atoms with Crippen LogP contribution in [0.1, 0.15) is 46.9 Å². The Balaban J connectivity index is 1.35. The highest BCUT2D eigenvalue weighted by Crippen LogP contribution is 2.26. The van der Waals surface area contributed by atoms with Gasteiger partial charge >= 0.3 is 0 Å². The highest BCUT2D eigenvalue weighted by molar-refractivity contribution is 7.12. The lowest BCUT2D eigenvalue weighted by atomic mass is 10.0. The van der Waals surface area contributed by atoms with Crippen molar-refractivity contribution in [2.45, 2.75) is 38.8 Å². The molecule has 1 amide bonds. The lowest BCUT2D eigenvalue weighted by molar-refractivity contribution is 0.0885. The number of nitrogens with one attached hydrogen (secondary N) is 1. The molecule has 29 heavy (non-hydrogen) atoms. The number of carbonyl (C=O) groups excluding carboxylic acids is 1. The van der Waals surface area contributed by atoms with Crippen LogP contribution >= 0.6 is 11.3 Å². The molecule has 0 saturated carbocycles. The summed E-state index contributed by atoms with van der Waals surface area (Å²) in [5.41, 5.74) is 1.19. The fourth-order valence-corrected chi connectivity index (χ4v) is 4.13. The second kappa shape index (κ2) is 8.42. The molecule has 3 aromatic rings. The van der Waals surface area contributed by atoms with Crippen molar-refractivity contribution < 1.29 is 13.7 Å². The zero-order valence-electron chi connectivity index (χ0n) is 16.4. The molecule has 1 N–H and O–H groups in total. The number of thiophene rings is 1. The number of benzene rings is 1. The molecule has 1 saturated heterocycles. The van der Waals surface area contributed by atoms with E-state index in [9.17, 15) is 9.18 Å². The number of piperidine rings is 1. The summed E-state index contributed by atoms with van der Waals surface area (Å²) in [6.45, 7) is 5.40. The minimum absolute atomic E-state index is 0.00151. The average molecular weight is 415 g/mol. The molecule has 2 aromatic heterocycles. The molecule has 152 valence electrons. The number of rotatable bonds is 5. The number of aryl methyl sites for hydroxylation is 1. The van der Waals surface area contributed by atoms with Gasteiger partial charge in [0.2, 0.25) is 11.7 Å². The van der Waals surface area contributed by atoms with Crippen LogP contribution in [0.3, 0.4) is 0 Å². The molecule has 1 aliphatic heterocycles. The van der Waals surface area contributed by atoms with E-state index in [0.29, 0.717) is 22.8 Å². The third-order valence-electron chi connectivity index (χ3n) is 5.39. The average Bonchev–Trinajstić information content (AvgIpc) is 3.42. The number of aromatic nitrogens is 2. The first-order chi connectivity index (χ1) is 14.0. The molecule has 0 radical (unpaired) electrons. The van der Waals surface area contributed by atoms with Crippen LogP contribution in [-0.4, -0.2) is 40.1 Å². The van der Waals surface area contributed by atoms with Crippen molar-refractivity contribution in [3.05, 3.63) is 57.9 Å². The van der Waals surface area contributed by atoms with E-state index in [-0.39, 0.29) is 23.8 Å². The SMILES string of the molecule is Cc1ccc(-c2noc(C(C)N3CCC(NC(=O)c4cccs4)CC3)n2)cc1F. The topological polar surface area (TPSA) is 71.3 Å². The predicted octanol–water partition coefficient (Wildman–Crippen LogP) is 4.20. The zero-order chi connectivity index (χ0) is 20.4. The summed E-state index contributed by atoms with van der Waals surface area (Å²) in [6, 6.07) is 8.77. The van der Waals surface area contributed by atoms with E-state index in [1.54, 1.807) is 19.1 Å². The number of amides is 1. The van der Waals surface area contributed by atoms with E-state index in [2.05, 4.69) is 20.4 Å². The maximum Gasteiger partial charge on any atom is 0.261 e. The number of hydrogen-bond donors (Lipinski definition) is 1. The van der Waals surface area contributed by atoms with Gasteiger partial charge in [0.1, 0.15) is 5.82 Å². The van der Waals surface area contributed by atoms with Crippen molar-refractivity contribution in [3.63, 3.8) is 0 Å². The van der Waals surface area contributed by atoms with Crippen LogP contribution in [0.25, 0.3) is 11.4 Å². The summed E-state index contributed by atoms with van der Waals surface area (Å²) in [5, 5.41) is 9.04. The van der Waals surface area contributed by atoms with Crippen LogP contribution < -0.4 is 5.32 Å². The summed E-state index contributed by atoms with van der Waals surface area (Å²) < 4.78 is 19.3. The molecule has 8 heteroatoms. The second-order valence-corrected chi connectivity index (χ2v) is 8.30. The first-order valence-corrected chi connectivity index (χ1v) is 10.6. The fourth-order valence-electron chi connectivity index (χ4n) is 3.51. The van der Waals surface area contributed by atoms with Gasteiger partial charge in [0.15, 0.2) is 0 Å². The van der Waals surface area contributed by atoms with Gasteiger partial charge in [-0.2, -0.15) is 4.98 Å². The molecule has 0 spiro atoms. The molecule has 6 nitrogen and oxygen atoms in total. The Bertz CT molecular complexity index is 980. The minimum Gasteiger partial charge on any atom is -0.349 e. The Morgan fingerprint density at radius 3 is 2.83 bits per heavy atom. The second-order valence-electron chi connectivity index (χ2n) is 7.36. The Labute approximate surface area is 172 Å². The molecule has 1 aliphatic rings. The third kappa shape index (κ3) is 4.38. The summed E-state index contributed by atoms with van der Waals surface area (Å²) in [6.07, 6.45) is 1.73. The molecule has 4 rings (SSSR count). The molecule has 0 aliphatic carbocycles. The van der Waals surface area contributed by atoms with Gasteiger partial charge < -0.3 is 9.84 Å². The van der Waals surface area contributed by atoms with Gasteiger partial charge in [-0.1, -0.05) is 23.4 Å². The van der Waals surface area contributed by atoms with Gasteiger partial charge in [-0.25, -0.2) is 4.39 Å². The third-order valence-corrected chi connectivity index (χ3v) is 6.26. The molecule has 3 heterocycles. The minimum atomic E-state index is -0.284. The van der Waals surface area contributed by atoms with E-state index in [0.717, 1.165) is 30.8 Å². The molecule has 1 fully saturated rings. The maximum atomic E-state index is 13.8. The molecule has 1 unspecified atom stereocenters. The number of nitrogens with zero attached hydrogens (tertiary/aromatic N) is 3. The van der Waals surface area contributed by atoms with Gasteiger partial charge in [0.05, 0.1) is 10.9 Å². The van der Waals surface area contributed by atoms with Gasteiger partial charge in [-0.15, -0.1) is 11.3 Å². The van der Waals surface area contributed by atoms with Crippen molar-refractivity contribution in [1.29, 1.82) is 0 Å². The van der Waals surface area contributed by atoms with Gasteiger partial charge in [0, 0.05) is 24.7 Å². The van der Waals surface area contributed by atoms with E-state index >= 15 is 0 Å². The highest BCUT2D eigenvalue weighted by Gasteiger charge is 2.28. The number of hydrogen-bond acceptors (Lipinski definition) is 6. The predicted molar refractivity (Wildman–Crippen MR) is 109 cm³/mol. The van der Waals surface area contributed by atoms with E-state index in [1.165, 1.54) is 17.4 Å². The van der Waals surface area contributed by atoms with Crippen LogP contribution in [-0.2, 0) is 0 Å². The Morgan fingerprint density at radius 2 is 2.14 bits per heavy atom. The van der Waals surface area contributed by atoms with Crippen LogP contribution in [0, 0.1) is 12.7 Å². The Hall–Kier alpha value is -2.58. The quantitative estimate of drug-likeness (QED) is 0.677. The maximum absolute atomic E-state index is 13.8. The highest BCUT2D eigenvalue weighted by atomic mass is 32.1. The molecular formula is C21H23FN4O2S. The summed E-state index contributed by atoms with van der Waals surface area (Å²) >= 11 is 1.45. The normalized spacial score (nSPS) is 16.7. The largest absolute Gasteiger partial charge is 0.349 e. The van der Waals surface area contributed by atoms with Crippen molar-refractivity contribution in [2.24, 2.45) is 0 Å². The van der Waals surface area contributed by atoms with Crippen LogP contribution in [0.5, 0.6) is 0 Å². The van der Waals surface area contributed by atoms with E-state index < -0.39 is 0 Å². The van der Waals surface area contributed by atoms with Crippen LogP contribution in [0.15, 0.2) is 40.2 Å². The van der Waals surface area contributed by atoms with Gasteiger partial charge in [0.25, 0.3) is 5.91 Å². The van der Waals surface area contributed by atoms with Crippen molar-refractivity contribution in [3.8, 4) is 11.4 Å². The van der Waals surface area contributed by atoms with Crippen molar-refractivity contribution in [2.75, 3.05) is 13.1 Å². The van der Waals surface area contributed by atoms with Crippen molar-refractivity contribution >= 4 is 17.2 Å². The lowest BCUT2D eigenvalue weighted by Gasteiger charge is -2.34. The summed E-state index contributed by atoms with van der Waals surface area (Å²) in [4.78, 5) is 19.7. The molecular weight excluding hydrogens is 391 g/mol. The first-order valence-electron chi connectivity index (χ1n) is 9.70. The fraction of sp³-hybridized carbons (Fsp3) is 0.381. The van der Waals surface area contributed by atoms with Crippen molar-refractivity contribution in [1.82, 2.24) is 20.4 Å².